The first-order chi connectivity index (χ1) is 16.3. The van der Waals surface area contributed by atoms with Crippen LogP contribution < -0.4 is 4.90 Å². The van der Waals surface area contributed by atoms with Crippen molar-refractivity contribution in [2.24, 2.45) is 0 Å². The number of carbonyl (C=O) groups excluding carboxylic acids is 1. The summed E-state index contributed by atoms with van der Waals surface area (Å²) in [7, 11) is 0. The largest absolute Gasteiger partial charge is 0.353 e. The summed E-state index contributed by atoms with van der Waals surface area (Å²) < 4.78 is 27.6. The Balaban J connectivity index is 1.30. The van der Waals surface area contributed by atoms with Crippen LogP contribution in [0.1, 0.15) is 48.4 Å². The van der Waals surface area contributed by atoms with Crippen LogP contribution in [0, 0.1) is 0 Å². The van der Waals surface area contributed by atoms with E-state index in [1.165, 1.54) is 5.56 Å². The average molecular weight is 490 g/mol. The molecule has 1 aromatic carbocycles. The number of anilines is 1. The molecule has 2 fully saturated rings. The first kappa shape index (κ1) is 23.4. The van der Waals surface area contributed by atoms with Gasteiger partial charge in [-0.05, 0) is 36.5 Å². The smallest absolute Gasteiger partial charge is 0.261 e. The number of likely N-dealkylation sites (tertiary alicyclic amines) is 1. The average Bonchev–Trinajstić information content (AvgIpc) is 3.39. The number of halogens is 3. The number of rotatable bonds is 5. The van der Waals surface area contributed by atoms with Gasteiger partial charge in [0.2, 0.25) is 5.91 Å². The van der Waals surface area contributed by atoms with Crippen molar-refractivity contribution in [1.29, 1.82) is 0 Å². The van der Waals surface area contributed by atoms with Gasteiger partial charge in [0.25, 0.3) is 5.92 Å². The Labute approximate surface area is 203 Å². The number of aryl methyl sites for hydroxylation is 1. The minimum absolute atomic E-state index is 0.0153. The van der Waals surface area contributed by atoms with Gasteiger partial charge in [0.1, 0.15) is 12.1 Å². The van der Waals surface area contributed by atoms with Crippen LogP contribution in [0.5, 0.6) is 0 Å². The Bertz CT molecular complexity index is 1040. The van der Waals surface area contributed by atoms with E-state index in [1.807, 2.05) is 17.0 Å². The molecule has 6 nitrogen and oxygen atoms in total. The van der Waals surface area contributed by atoms with Crippen molar-refractivity contribution in [2.45, 2.75) is 43.9 Å². The van der Waals surface area contributed by atoms with Crippen LogP contribution >= 0.6 is 11.6 Å². The van der Waals surface area contributed by atoms with Gasteiger partial charge in [0.05, 0.1) is 12.5 Å². The molecule has 2 atom stereocenters. The monoisotopic (exact) mass is 489 g/mol. The van der Waals surface area contributed by atoms with Crippen LogP contribution in [0.25, 0.3) is 0 Å². The van der Waals surface area contributed by atoms with E-state index >= 15 is 0 Å². The maximum Gasteiger partial charge on any atom is 0.261 e. The standard InChI is InChI=1S/C25H30ClF2N5O/c1-17-2-7-21-22(17)23(30-16-29-21)32-10-12-33(13-11-32)24(34)20(18-3-5-19(26)6-4-18)14-31-9-8-25(27,28)15-31/h3-6,16-17,20H,2,7-15H2,1H3. The van der Waals surface area contributed by atoms with Crippen LogP contribution in [-0.2, 0) is 11.2 Å². The Morgan fingerprint density at radius 2 is 1.88 bits per heavy atom. The van der Waals surface area contributed by atoms with Gasteiger partial charge in [-0.1, -0.05) is 30.7 Å². The highest BCUT2D eigenvalue weighted by molar-refractivity contribution is 6.30. The number of hydrogen-bond acceptors (Lipinski definition) is 5. The zero-order valence-electron chi connectivity index (χ0n) is 19.4. The second kappa shape index (κ2) is 9.38. The molecule has 2 aliphatic heterocycles. The molecule has 34 heavy (non-hydrogen) atoms. The minimum Gasteiger partial charge on any atom is -0.353 e. The molecule has 3 aliphatic rings. The van der Waals surface area contributed by atoms with Crippen molar-refractivity contribution in [3.8, 4) is 0 Å². The van der Waals surface area contributed by atoms with Crippen molar-refractivity contribution in [3.05, 3.63) is 52.4 Å². The van der Waals surface area contributed by atoms with Gasteiger partial charge in [-0.15, -0.1) is 0 Å². The van der Waals surface area contributed by atoms with Gasteiger partial charge in [0, 0.05) is 62.0 Å². The predicted molar refractivity (Wildman–Crippen MR) is 128 cm³/mol. The molecule has 1 amide bonds. The van der Waals surface area contributed by atoms with Crippen molar-refractivity contribution < 1.29 is 13.6 Å². The number of benzene rings is 1. The highest BCUT2D eigenvalue weighted by atomic mass is 35.5. The lowest BCUT2D eigenvalue weighted by Gasteiger charge is -2.38. The van der Waals surface area contributed by atoms with E-state index in [0.717, 1.165) is 29.9 Å². The van der Waals surface area contributed by atoms with E-state index in [0.29, 0.717) is 43.7 Å². The van der Waals surface area contributed by atoms with Crippen molar-refractivity contribution in [3.63, 3.8) is 0 Å². The van der Waals surface area contributed by atoms with Crippen LogP contribution in [0.15, 0.2) is 30.6 Å². The van der Waals surface area contributed by atoms with Gasteiger partial charge in [0.15, 0.2) is 0 Å². The molecule has 0 spiro atoms. The molecule has 3 heterocycles. The number of fused-ring (bicyclic) bond motifs is 1. The van der Waals surface area contributed by atoms with Crippen molar-refractivity contribution in [2.75, 3.05) is 50.7 Å². The normalized spacial score (nSPS) is 23.2. The maximum absolute atomic E-state index is 13.8. The highest BCUT2D eigenvalue weighted by Gasteiger charge is 2.40. The molecule has 5 rings (SSSR count). The SMILES string of the molecule is CC1CCc2ncnc(N3CCN(C(=O)C(CN4CCC(F)(F)C4)c4ccc(Cl)cc4)CC3)c21. The van der Waals surface area contributed by atoms with E-state index in [4.69, 9.17) is 11.6 Å². The fraction of sp³-hybridized carbons (Fsp3) is 0.560. The summed E-state index contributed by atoms with van der Waals surface area (Å²) in [5.41, 5.74) is 3.20. The first-order valence-electron chi connectivity index (χ1n) is 12.0. The third-order valence-electron chi connectivity index (χ3n) is 7.40. The van der Waals surface area contributed by atoms with Crippen LogP contribution in [0.3, 0.4) is 0 Å². The fourth-order valence-electron chi connectivity index (χ4n) is 5.48. The number of hydrogen-bond donors (Lipinski definition) is 0. The molecular formula is C25H30ClF2N5O. The molecule has 2 aromatic rings. The quantitative estimate of drug-likeness (QED) is 0.636. The number of carbonyl (C=O) groups is 1. The molecule has 2 saturated heterocycles. The third kappa shape index (κ3) is 4.75. The van der Waals surface area contributed by atoms with Gasteiger partial charge in [-0.25, -0.2) is 18.7 Å². The number of aromatic nitrogens is 2. The molecular weight excluding hydrogens is 460 g/mol. The summed E-state index contributed by atoms with van der Waals surface area (Å²) in [5.74, 6) is -1.76. The summed E-state index contributed by atoms with van der Waals surface area (Å²) in [6, 6.07) is 7.18. The van der Waals surface area contributed by atoms with Crippen molar-refractivity contribution >= 4 is 23.3 Å². The van der Waals surface area contributed by atoms with Gasteiger partial charge >= 0.3 is 0 Å². The third-order valence-corrected chi connectivity index (χ3v) is 7.66. The number of alkyl halides is 2. The zero-order chi connectivity index (χ0) is 23.9. The second-order valence-electron chi connectivity index (χ2n) is 9.75. The van der Waals surface area contributed by atoms with E-state index in [-0.39, 0.29) is 25.4 Å². The maximum atomic E-state index is 13.8. The van der Waals surface area contributed by atoms with E-state index in [1.54, 1.807) is 23.4 Å². The van der Waals surface area contributed by atoms with E-state index < -0.39 is 11.8 Å². The van der Waals surface area contributed by atoms with Gasteiger partial charge < -0.3 is 9.80 Å². The summed E-state index contributed by atoms with van der Waals surface area (Å²) in [6.45, 7) is 5.04. The molecule has 0 saturated carbocycles. The van der Waals surface area contributed by atoms with Crippen LogP contribution in [0.2, 0.25) is 5.02 Å². The van der Waals surface area contributed by atoms with Gasteiger partial charge in [-0.2, -0.15) is 0 Å². The van der Waals surface area contributed by atoms with Crippen LogP contribution in [0.4, 0.5) is 14.6 Å². The molecule has 182 valence electrons. The van der Waals surface area contributed by atoms with E-state index in [2.05, 4.69) is 21.8 Å². The Kier molecular flexibility index (Phi) is 6.46. The lowest BCUT2D eigenvalue weighted by Crippen LogP contribution is -2.51. The molecule has 9 heteroatoms. The summed E-state index contributed by atoms with van der Waals surface area (Å²) >= 11 is 6.06. The zero-order valence-corrected chi connectivity index (χ0v) is 20.1. The van der Waals surface area contributed by atoms with Crippen LogP contribution in [-0.4, -0.2) is 77.4 Å². The fourth-order valence-corrected chi connectivity index (χ4v) is 5.60. The summed E-state index contributed by atoms with van der Waals surface area (Å²) in [4.78, 5) is 28.5. The highest BCUT2D eigenvalue weighted by Crippen LogP contribution is 2.37. The summed E-state index contributed by atoms with van der Waals surface area (Å²) in [5, 5.41) is 0.586. The molecule has 1 aliphatic carbocycles. The molecule has 0 N–H and O–H groups in total. The topological polar surface area (TPSA) is 52.6 Å². The number of nitrogens with zero attached hydrogens (tertiary/aromatic N) is 5. The number of amides is 1. The molecule has 0 radical (unpaired) electrons. The summed E-state index contributed by atoms with van der Waals surface area (Å²) in [6.07, 6.45) is 3.57. The van der Waals surface area contributed by atoms with Crippen molar-refractivity contribution in [1.82, 2.24) is 19.8 Å². The lowest BCUT2D eigenvalue weighted by atomic mass is 9.96. The first-order valence-corrected chi connectivity index (χ1v) is 12.4. The second-order valence-corrected chi connectivity index (χ2v) is 10.2. The molecule has 0 bridgehead atoms. The van der Waals surface area contributed by atoms with Gasteiger partial charge in [-0.3, -0.25) is 9.69 Å². The number of piperazine rings is 1. The molecule has 1 aromatic heterocycles. The molecule has 2 unspecified atom stereocenters. The minimum atomic E-state index is -2.69. The Morgan fingerprint density at radius 1 is 1.15 bits per heavy atom. The lowest BCUT2D eigenvalue weighted by molar-refractivity contribution is -0.133. The Morgan fingerprint density at radius 3 is 2.56 bits per heavy atom. The van der Waals surface area contributed by atoms with E-state index in [9.17, 15) is 13.6 Å². The predicted octanol–water partition coefficient (Wildman–Crippen LogP) is 3.95. The Hall–Kier alpha value is -2.32.